The van der Waals surface area contributed by atoms with Gasteiger partial charge in [-0.15, -0.1) is 0 Å². The summed E-state index contributed by atoms with van der Waals surface area (Å²) in [4.78, 5) is 15.1. The maximum atomic E-state index is 11.0. The third-order valence-corrected chi connectivity index (χ3v) is 2.29. The highest BCUT2D eigenvalue weighted by molar-refractivity contribution is 5.98. The average molecular weight is 222 g/mol. The summed E-state index contributed by atoms with van der Waals surface area (Å²) in [5.74, 6) is 0.107. The van der Waals surface area contributed by atoms with E-state index in [0.29, 0.717) is 17.1 Å². The quantitative estimate of drug-likeness (QED) is 0.633. The van der Waals surface area contributed by atoms with E-state index >= 15 is 0 Å². The SMILES string of the molecule is CCCCCNc1cc(C(N)=O)c(N)cn1. The topological polar surface area (TPSA) is 94.0 Å². The number of rotatable bonds is 6. The normalized spacial score (nSPS) is 10.1. The Kier molecular flexibility index (Phi) is 4.57. The van der Waals surface area contributed by atoms with E-state index in [1.54, 1.807) is 6.07 Å². The fourth-order valence-corrected chi connectivity index (χ4v) is 1.37. The van der Waals surface area contributed by atoms with Crippen LogP contribution >= 0.6 is 0 Å². The molecule has 0 radical (unpaired) electrons. The van der Waals surface area contributed by atoms with Crippen molar-refractivity contribution in [2.24, 2.45) is 5.73 Å². The maximum Gasteiger partial charge on any atom is 0.250 e. The Hall–Kier alpha value is -1.78. The van der Waals surface area contributed by atoms with Gasteiger partial charge < -0.3 is 16.8 Å². The van der Waals surface area contributed by atoms with E-state index in [1.165, 1.54) is 19.0 Å². The number of pyridine rings is 1. The minimum Gasteiger partial charge on any atom is -0.397 e. The minimum atomic E-state index is -0.531. The van der Waals surface area contributed by atoms with Crippen molar-refractivity contribution in [2.75, 3.05) is 17.6 Å². The Balaban J connectivity index is 2.61. The van der Waals surface area contributed by atoms with Crippen molar-refractivity contribution in [3.8, 4) is 0 Å². The van der Waals surface area contributed by atoms with Crippen molar-refractivity contribution in [3.63, 3.8) is 0 Å². The fraction of sp³-hybridized carbons (Fsp3) is 0.455. The van der Waals surface area contributed by atoms with Gasteiger partial charge in [0.05, 0.1) is 17.4 Å². The molecule has 0 aliphatic rings. The maximum absolute atomic E-state index is 11.0. The van der Waals surface area contributed by atoms with Gasteiger partial charge in [-0.3, -0.25) is 4.79 Å². The molecule has 1 amide bonds. The first-order valence-corrected chi connectivity index (χ1v) is 5.44. The lowest BCUT2D eigenvalue weighted by Gasteiger charge is -2.07. The molecular formula is C11H18N4O. The number of primary amides is 1. The number of amides is 1. The van der Waals surface area contributed by atoms with Crippen LogP contribution in [0.15, 0.2) is 12.3 Å². The van der Waals surface area contributed by atoms with Crippen molar-refractivity contribution in [1.82, 2.24) is 4.98 Å². The molecule has 0 unspecified atom stereocenters. The van der Waals surface area contributed by atoms with Crippen LogP contribution in [0.5, 0.6) is 0 Å². The number of unbranched alkanes of at least 4 members (excludes halogenated alkanes) is 2. The zero-order chi connectivity index (χ0) is 12.0. The molecule has 1 heterocycles. The van der Waals surface area contributed by atoms with Gasteiger partial charge in [0.25, 0.3) is 5.91 Å². The molecule has 5 nitrogen and oxygen atoms in total. The first-order chi connectivity index (χ1) is 7.65. The van der Waals surface area contributed by atoms with Gasteiger partial charge in [0.1, 0.15) is 5.82 Å². The van der Waals surface area contributed by atoms with Gasteiger partial charge in [-0.05, 0) is 12.5 Å². The number of aromatic nitrogens is 1. The Morgan fingerprint density at radius 3 is 2.88 bits per heavy atom. The number of anilines is 2. The first-order valence-electron chi connectivity index (χ1n) is 5.44. The number of nitrogens with two attached hydrogens (primary N) is 2. The average Bonchev–Trinajstić information content (AvgIpc) is 2.26. The molecule has 5 N–H and O–H groups in total. The molecule has 5 heteroatoms. The van der Waals surface area contributed by atoms with Crippen molar-refractivity contribution in [1.29, 1.82) is 0 Å². The molecule has 1 aromatic heterocycles. The summed E-state index contributed by atoms with van der Waals surface area (Å²) in [5, 5.41) is 3.13. The van der Waals surface area contributed by atoms with Crippen LogP contribution in [0.1, 0.15) is 36.5 Å². The third kappa shape index (κ3) is 3.42. The molecule has 0 bridgehead atoms. The lowest BCUT2D eigenvalue weighted by molar-refractivity contribution is 0.100. The number of carbonyl (C=O) groups is 1. The second-order valence-corrected chi connectivity index (χ2v) is 3.65. The lowest BCUT2D eigenvalue weighted by Crippen LogP contribution is -2.15. The number of nitrogens with one attached hydrogen (secondary N) is 1. The van der Waals surface area contributed by atoms with E-state index in [9.17, 15) is 4.79 Å². The summed E-state index contributed by atoms with van der Waals surface area (Å²) in [5.41, 5.74) is 11.4. The molecule has 0 aliphatic heterocycles. The summed E-state index contributed by atoms with van der Waals surface area (Å²) >= 11 is 0. The fourth-order valence-electron chi connectivity index (χ4n) is 1.37. The van der Waals surface area contributed by atoms with Crippen molar-refractivity contribution < 1.29 is 4.79 Å². The number of nitrogens with zero attached hydrogens (tertiary/aromatic N) is 1. The molecule has 0 atom stereocenters. The monoisotopic (exact) mass is 222 g/mol. The minimum absolute atomic E-state index is 0.312. The zero-order valence-electron chi connectivity index (χ0n) is 9.49. The smallest absolute Gasteiger partial charge is 0.250 e. The van der Waals surface area contributed by atoms with Crippen LogP contribution in [0.4, 0.5) is 11.5 Å². The van der Waals surface area contributed by atoms with Gasteiger partial charge in [-0.25, -0.2) is 4.98 Å². The highest BCUT2D eigenvalue weighted by atomic mass is 16.1. The van der Waals surface area contributed by atoms with Gasteiger partial charge in [0.15, 0.2) is 0 Å². The van der Waals surface area contributed by atoms with Gasteiger partial charge in [0, 0.05) is 6.54 Å². The Labute approximate surface area is 95.2 Å². The van der Waals surface area contributed by atoms with Gasteiger partial charge in [-0.1, -0.05) is 19.8 Å². The van der Waals surface area contributed by atoms with Crippen LogP contribution in [0.25, 0.3) is 0 Å². The molecule has 1 rings (SSSR count). The number of carbonyl (C=O) groups excluding carboxylic acids is 1. The summed E-state index contributed by atoms with van der Waals surface area (Å²) in [7, 11) is 0. The third-order valence-electron chi connectivity index (χ3n) is 2.29. The number of hydrogen-bond acceptors (Lipinski definition) is 4. The summed E-state index contributed by atoms with van der Waals surface area (Å²) in [6.07, 6.45) is 4.87. The molecule has 0 fully saturated rings. The second kappa shape index (κ2) is 5.95. The van der Waals surface area contributed by atoms with Crippen molar-refractivity contribution in [3.05, 3.63) is 17.8 Å². The van der Waals surface area contributed by atoms with Crippen LogP contribution in [-0.4, -0.2) is 17.4 Å². The largest absolute Gasteiger partial charge is 0.397 e. The van der Waals surface area contributed by atoms with E-state index in [-0.39, 0.29) is 0 Å². The van der Waals surface area contributed by atoms with Crippen LogP contribution in [0, 0.1) is 0 Å². The van der Waals surface area contributed by atoms with E-state index < -0.39 is 5.91 Å². The predicted molar refractivity (Wildman–Crippen MR) is 65.2 cm³/mol. The van der Waals surface area contributed by atoms with Crippen LogP contribution in [-0.2, 0) is 0 Å². The van der Waals surface area contributed by atoms with Crippen LogP contribution in [0.3, 0.4) is 0 Å². The van der Waals surface area contributed by atoms with E-state index in [4.69, 9.17) is 11.5 Å². The highest BCUT2D eigenvalue weighted by Crippen LogP contribution is 2.14. The molecule has 88 valence electrons. The second-order valence-electron chi connectivity index (χ2n) is 3.65. The molecule has 0 saturated carbocycles. The zero-order valence-corrected chi connectivity index (χ0v) is 9.49. The molecule has 16 heavy (non-hydrogen) atoms. The molecular weight excluding hydrogens is 204 g/mol. The number of nitrogen functional groups attached to an aromatic ring is 1. The molecule has 0 aliphatic carbocycles. The predicted octanol–water partition coefficient (Wildman–Crippen LogP) is 1.36. The molecule has 0 saturated heterocycles. The van der Waals surface area contributed by atoms with Gasteiger partial charge >= 0.3 is 0 Å². The van der Waals surface area contributed by atoms with Gasteiger partial charge in [-0.2, -0.15) is 0 Å². The molecule has 0 spiro atoms. The first kappa shape index (κ1) is 12.3. The van der Waals surface area contributed by atoms with E-state index in [2.05, 4.69) is 17.2 Å². The number of hydrogen-bond donors (Lipinski definition) is 3. The van der Waals surface area contributed by atoms with Crippen LogP contribution < -0.4 is 16.8 Å². The van der Waals surface area contributed by atoms with Crippen LogP contribution in [0.2, 0.25) is 0 Å². The highest BCUT2D eigenvalue weighted by Gasteiger charge is 2.07. The van der Waals surface area contributed by atoms with E-state index in [0.717, 1.165) is 13.0 Å². The summed E-state index contributed by atoms with van der Waals surface area (Å²) in [6, 6.07) is 1.59. The Morgan fingerprint density at radius 1 is 1.50 bits per heavy atom. The standard InChI is InChI=1S/C11H18N4O/c1-2-3-4-5-14-10-6-8(11(13)16)9(12)7-15-10/h6-7H,2-5,12H2,1H3,(H2,13,16)(H,14,15). The molecule has 1 aromatic rings. The Bertz CT molecular complexity index is 365. The summed E-state index contributed by atoms with van der Waals surface area (Å²) < 4.78 is 0. The van der Waals surface area contributed by atoms with Crippen molar-refractivity contribution in [2.45, 2.75) is 26.2 Å². The summed E-state index contributed by atoms with van der Waals surface area (Å²) in [6.45, 7) is 2.98. The van der Waals surface area contributed by atoms with Gasteiger partial charge in [0.2, 0.25) is 0 Å². The van der Waals surface area contributed by atoms with Crippen molar-refractivity contribution >= 4 is 17.4 Å². The van der Waals surface area contributed by atoms with E-state index in [1.807, 2.05) is 0 Å². The Morgan fingerprint density at radius 2 is 2.25 bits per heavy atom. The molecule has 0 aromatic carbocycles. The lowest BCUT2D eigenvalue weighted by atomic mass is 10.2.